The molecule has 5 nitrogen and oxygen atoms in total. The minimum Gasteiger partial charge on any atom is -0.313 e. The van der Waals surface area contributed by atoms with Crippen LogP contribution < -0.4 is 10.0 Å². The summed E-state index contributed by atoms with van der Waals surface area (Å²) in [5.41, 5.74) is 0.748. The summed E-state index contributed by atoms with van der Waals surface area (Å²) in [5.74, 6) is 0.0870. The molecule has 1 aromatic heterocycles. The van der Waals surface area contributed by atoms with E-state index in [1.54, 1.807) is 18.2 Å². The van der Waals surface area contributed by atoms with Crippen LogP contribution in [0.25, 0.3) is 10.2 Å². The summed E-state index contributed by atoms with van der Waals surface area (Å²) in [6.45, 7) is 0.889. The standard InChI is InChI=1S/C13H16ClN3O2S2/c14-9-4-5-11-12(7-9)20-13(16-11)17-21(18,19)8-10-3-1-2-6-15-10/h4-5,7,10,15H,1-3,6,8H2,(H,16,17). The molecule has 1 saturated heterocycles. The van der Waals surface area contributed by atoms with E-state index in [9.17, 15) is 8.42 Å². The largest absolute Gasteiger partial charge is 0.313 e. The molecule has 0 radical (unpaired) electrons. The van der Waals surface area contributed by atoms with Crippen molar-refractivity contribution in [2.45, 2.75) is 25.3 Å². The third-order valence-electron chi connectivity index (χ3n) is 3.43. The van der Waals surface area contributed by atoms with Crippen molar-refractivity contribution < 1.29 is 8.42 Å². The molecule has 2 heterocycles. The minimum absolute atomic E-state index is 0.0278. The van der Waals surface area contributed by atoms with Crippen LogP contribution in [-0.4, -0.2) is 31.7 Å². The zero-order valence-electron chi connectivity index (χ0n) is 11.3. The Morgan fingerprint density at radius 3 is 3.05 bits per heavy atom. The quantitative estimate of drug-likeness (QED) is 0.893. The summed E-state index contributed by atoms with van der Waals surface area (Å²) in [6, 6.07) is 5.34. The summed E-state index contributed by atoms with van der Waals surface area (Å²) in [4.78, 5) is 4.28. The van der Waals surface area contributed by atoms with Gasteiger partial charge in [-0.1, -0.05) is 29.4 Å². The van der Waals surface area contributed by atoms with Crippen molar-refractivity contribution in [3.63, 3.8) is 0 Å². The lowest BCUT2D eigenvalue weighted by Gasteiger charge is -2.23. The molecule has 0 saturated carbocycles. The SMILES string of the molecule is O=S(=O)(CC1CCCCN1)Nc1nc2ccc(Cl)cc2s1. The maximum Gasteiger partial charge on any atom is 0.236 e. The molecule has 1 aliphatic heterocycles. The van der Waals surface area contributed by atoms with E-state index in [0.29, 0.717) is 10.2 Å². The maximum atomic E-state index is 12.2. The first-order valence-electron chi connectivity index (χ1n) is 6.82. The van der Waals surface area contributed by atoms with E-state index in [1.807, 2.05) is 0 Å². The number of aromatic nitrogens is 1. The van der Waals surface area contributed by atoms with Gasteiger partial charge in [-0.3, -0.25) is 4.72 Å². The van der Waals surface area contributed by atoms with E-state index >= 15 is 0 Å². The molecule has 2 N–H and O–H groups in total. The van der Waals surface area contributed by atoms with Gasteiger partial charge in [0, 0.05) is 11.1 Å². The molecule has 0 aliphatic carbocycles. The van der Waals surface area contributed by atoms with E-state index in [1.165, 1.54) is 11.3 Å². The van der Waals surface area contributed by atoms with Gasteiger partial charge in [0.1, 0.15) is 0 Å². The van der Waals surface area contributed by atoms with Gasteiger partial charge < -0.3 is 5.32 Å². The van der Waals surface area contributed by atoms with E-state index in [2.05, 4.69) is 15.0 Å². The van der Waals surface area contributed by atoms with E-state index in [-0.39, 0.29) is 11.8 Å². The smallest absolute Gasteiger partial charge is 0.236 e. The van der Waals surface area contributed by atoms with Crippen molar-refractivity contribution in [3.05, 3.63) is 23.2 Å². The predicted octanol–water partition coefficient (Wildman–Crippen LogP) is 2.83. The molecule has 1 aromatic carbocycles. The lowest BCUT2D eigenvalue weighted by atomic mass is 10.1. The Balaban J connectivity index is 1.73. The summed E-state index contributed by atoms with van der Waals surface area (Å²) < 4.78 is 27.8. The Labute approximate surface area is 132 Å². The van der Waals surface area contributed by atoms with Gasteiger partial charge in [-0.2, -0.15) is 0 Å². The number of sulfonamides is 1. The van der Waals surface area contributed by atoms with E-state index in [0.717, 1.165) is 36.0 Å². The van der Waals surface area contributed by atoms with Gasteiger partial charge in [0.25, 0.3) is 0 Å². The second-order valence-corrected chi connectivity index (χ2v) is 8.40. The highest BCUT2D eigenvalue weighted by molar-refractivity contribution is 7.92. The highest BCUT2D eigenvalue weighted by atomic mass is 35.5. The second-order valence-electron chi connectivity index (χ2n) is 5.16. The van der Waals surface area contributed by atoms with Gasteiger partial charge in [0.2, 0.25) is 10.0 Å². The number of anilines is 1. The number of nitrogens with one attached hydrogen (secondary N) is 2. The third-order valence-corrected chi connectivity index (χ3v) is 6.07. The molecule has 8 heteroatoms. The number of piperidine rings is 1. The third kappa shape index (κ3) is 3.85. The molecule has 0 spiro atoms. The molecule has 0 amide bonds. The monoisotopic (exact) mass is 345 g/mol. The maximum absolute atomic E-state index is 12.2. The van der Waals surface area contributed by atoms with Crippen LogP contribution >= 0.6 is 22.9 Å². The van der Waals surface area contributed by atoms with Gasteiger partial charge in [-0.05, 0) is 37.6 Å². The minimum atomic E-state index is -3.39. The number of thiazole rings is 1. The highest BCUT2D eigenvalue weighted by Gasteiger charge is 2.22. The molecule has 1 atom stereocenters. The van der Waals surface area contributed by atoms with Gasteiger partial charge in [0.15, 0.2) is 5.13 Å². The van der Waals surface area contributed by atoms with Gasteiger partial charge >= 0.3 is 0 Å². The highest BCUT2D eigenvalue weighted by Crippen LogP contribution is 2.29. The van der Waals surface area contributed by atoms with Crippen LogP contribution in [0, 0.1) is 0 Å². The molecular formula is C13H16ClN3O2S2. The Kier molecular flexibility index (Phi) is 4.35. The van der Waals surface area contributed by atoms with Gasteiger partial charge in [-0.15, -0.1) is 0 Å². The van der Waals surface area contributed by atoms with Crippen LogP contribution in [0.1, 0.15) is 19.3 Å². The van der Waals surface area contributed by atoms with Gasteiger partial charge in [0.05, 0.1) is 16.0 Å². The van der Waals surface area contributed by atoms with Crippen molar-refractivity contribution in [1.82, 2.24) is 10.3 Å². The second kappa shape index (κ2) is 6.08. The Morgan fingerprint density at radius 1 is 1.43 bits per heavy atom. The van der Waals surface area contributed by atoms with Crippen LogP contribution in [0.15, 0.2) is 18.2 Å². The van der Waals surface area contributed by atoms with E-state index in [4.69, 9.17) is 11.6 Å². The average Bonchev–Trinajstić information content (AvgIpc) is 2.79. The summed E-state index contributed by atoms with van der Waals surface area (Å²) in [7, 11) is -3.39. The van der Waals surface area contributed by atoms with Crippen LogP contribution in [-0.2, 0) is 10.0 Å². The van der Waals surface area contributed by atoms with Crippen molar-refractivity contribution >= 4 is 48.3 Å². The Bertz CT molecular complexity index is 739. The molecule has 1 fully saturated rings. The first kappa shape index (κ1) is 15.0. The fourth-order valence-electron chi connectivity index (χ4n) is 2.45. The lowest BCUT2D eigenvalue weighted by Crippen LogP contribution is -2.40. The number of hydrogen-bond acceptors (Lipinski definition) is 5. The Hall–Kier alpha value is -0.890. The number of nitrogens with zero attached hydrogens (tertiary/aromatic N) is 1. The molecule has 1 unspecified atom stereocenters. The lowest BCUT2D eigenvalue weighted by molar-refractivity contribution is 0.424. The first-order valence-corrected chi connectivity index (χ1v) is 9.66. The molecular weight excluding hydrogens is 330 g/mol. The summed E-state index contributed by atoms with van der Waals surface area (Å²) in [6.07, 6.45) is 3.09. The number of rotatable bonds is 4. The number of fused-ring (bicyclic) bond motifs is 1. The van der Waals surface area contributed by atoms with Crippen molar-refractivity contribution in [3.8, 4) is 0 Å². The Morgan fingerprint density at radius 2 is 2.29 bits per heavy atom. The molecule has 2 aromatic rings. The van der Waals surface area contributed by atoms with Crippen molar-refractivity contribution in [1.29, 1.82) is 0 Å². The summed E-state index contributed by atoms with van der Waals surface area (Å²) in [5, 5.41) is 4.25. The van der Waals surface area contributed by atoms with E-state index < -0.39 is 10.0 Å². The van der Waals surface area contributed by atoms with Crippen LogP contribution in [0.4, 0.5) is 5.13 Å². The van der Waals surface area contributed by atoms with Crippen molar-refractivity contribution in [2.75, 3.05) is 17.0 Å². The zero-order valence-corrected chi connectivity index (χ0v) is 13.7. The number of hydrogen-bond donors (Lipinski definition) is 2. The normalized spacial score (nSPS) is 19.8. The van der Waals surface area contributed by atoms with Gasteiger partial charge in [-0.25, -0.2) is 13.4 Å². The molecule has 0 bridgehead atoms. The van der Waals surface area contributed by atoms with Crippen LogP contribution in [0.2, 0.25) is 5.02 Å². The number of halogens is 1. The molecule has 3 rings (SSSR count). The summed E-state index contributed by atoms with van der Waals surface area (Å²) >= 11 is 7.22. The molecule has 1 aliphatic rings. The molecule has 21 heavy (non-hydrogen) atoms. The fraction of sp³-hybridized carbons (Fsp3) is 0.462. The molecule has 114 valence electrons. The van der Waals surface area contributed by atoms with Crippen LogP contribution in [0.3, 0.4) is 0 Å². The van der Waals surface area contributed by atoms with Crippen LogP contribution in [0.5, 0.6) is 0 Å². The fourth-order valence-corrected chi connectivity index (χ4v) is 5.20. The van der Waals surface area contributed by atoms with Crippen molar-refractivity contribution in [2.24, 2.45) is 0 Å². The zero-order chi connectivity index (χ0) is 14.9. The average molecular weight is 346 g/mol. The number of benzene rings is 1. The topological polar surface area (TPSA) is 71.1 Å². The first-order chi connectivity index (χ1) is 10.0. The predicted molar refractivity (Wildman–Crippen MR) is 87.7 cm³/mol.